The lowest BCUT2D eigenvalue weighted by atomic mass is 10.1. The molecule has 3 rings (SSSR count). The Bertz CT molecular complexity index is 615. The Hall–Kier alpha value is -2.17. The number of aromatic amines is 1. The maximum atomic E-state index is 12.9. The minimum atomic E-state index is -0.604. The molecular formula is C14H13FN2O2. The second-order valence-corrected chi connectivity index (χ2v) is 4.73. The van der Waals surface area contributed by atoms with Crippen LogP contribution < -0.4 is 0 Å². The van der Waals surface area contributed by atoms with E-state index >= 15 is 0 Å². The van der Waals surface area contributed by atoms with Gasteiger partial charge in [0.05, 0.1) is 19.0 Å². The summed E-state index contributed by atoms with van der Waals surface area (Å²) in [6.07, 6.45) is 3.15. The fraction of sp³-hybridized carbons (Fsp3) is 0.286. The van der Waals surface area contributed by atoms with Crippen LogP contribution in [0.2, 0.25) is 0 Å². The Kier molecular flexibility index (Phi) is 2.62. The van der Waals surface area contributed by atoms with Crippen LogP contribution in [0, 0.1) is 5.82 Å². The van der Waals surface area contributed by atoms with Gasteiger partial charge < -0.3 is 9.72 Å². The first-order chi connectivity index (χ1) is 9.15. The third kappa shape index (κ3) is 1.91. The number of ether oxygens (including phenoxy) is 1. The van der Waals surface area contributed by atoms with Crippen LogP contribution in [0.5, 0.6) is 0 Å². The second-order valence-electron chi connectivity index (χ2n) is 4.73. The molecule has 0 radical (unpaired) electrons. The molecule has 0 saturated heterocycles. The Morgan fingerprint density at radius 2 is 2.05 bits per heavy atom. The molecule has 0 bridgehead atoms. The number of carbonyl (C=O) groups is 1. The monoisotopic (exact) mass is 260 g/mol. The number of rotatable bonds is 3. The molecule has 0 aliphatic heterocycles. The lowest BCUT2D eigenvalue weighted by molar-refractivity contribution is -0.143. The number of benzene rings is 1. The van der Waals surface area contributed by atoms with Crippen molar-refractivity contribution in [3.05, 3.63) is 42.1 Å². The molecule has 1 aliphatic carbocycles. The summed E-state index contributed by atoms with van der Waals surface area (Å²) < 4.78 is 17.7. The maximum Gasteiger partial charge on any atom is 0.319 e. The van der Waals surface area contributed by atoms with Crippen LogP contribution in [0.15, 0.2) is 30.5 Å². The first kappa shape index (κ1) is 11.9. The number of nitrogens with zero attached hydrogens (tertiary/aromatic N) is 1. The van der Waals surface area contributed by atoms with Crippen molar-refractivity contribution in [2.45, 2.75) is 18.3 Å². The summed E-state index contributed by atoms with van der Waals surface area (Å²) in [5, 5.41) is 0. The first-order valence-corrected chi connectivity index (χ1v) is 6.05. The van der Waals surface area contributed by atoms with Gasteiger partial charge in [-0.1, -0.05) is 0 Å². The van der Waals surface area contributed by atoms with E-state index in [1.165, 1.54) is 19.2 Å². The number of esters is 1. The van der Waals surface area contributed by atoms with Gasteiger partial charge in [0.2, 0.25) is 0 Å². The van der Waals surface area contributed by atoms with Gasteiger partial charge >= 0.3 is 5.97 Å². The fourth-order valence-electron chi connectivity index (χ4n) is 2.20. The van der Waals surface area contributed by atoms with Crippen molar-refractivity contribution in [1.29, 1.82) is 0 Å². The highest BCUT2D eigenvalue weighted by atomic mass is 19.1. The molecule has 4 nitrogen and oxygen atoms in total. The smallest absolute Gasteiger partial charge is 0.319 e. The number of imidazole rings is 1. The molecule has 1 aliphatic rings. The largest absolute Gasteiger partial charge is 0.468 e. The van der Waals surface area contributed by atoms with Gasteiger partial charge in [-0.25, -0.2) is 9.37 Å². The van der Waals surface area contributed by atoms with Crippen LogP contribution in [0.4, 0.5) is 4.39 Å². The van der Waals surface area contributed by atoms with E-state index in [4.69, 9.17) is 4.74 Å². The Balaban J connectivity index is 1.92. The lowest BCUT2D eigenvalue weighted by Gasteiger charge is -2.08. The van der Waals surface area contributed by atoms with Crippen LogP contribution in [0.1, 0.15) is 18.7 Å². The molecule has 0 unspecified atom stereocenters. The van der Waals surface area contributed by atoms with Gasteiger partial charge in [-0.2, -0.15) is 0 Å². The molecule has 2 aromatic rings. The van der Waals surface area contributed by atoms with Crippen molar-refractivity contribution in [1.82, 2.24) is 9.97 Å². The second kappa shape index (κ2) is 4.19. The van der Waals surface area contributed by atoms with Gasteiger partial charge in [0.1, 0.15) is 17.1 Å². The van der Waals surface area contributed by atoms with Crippen LogP contribution in [0.25, 0.3) is 11.3 Å². The molecule has 0 amide bonds. The highest BCUT2D eigenvalue weighted by molar-refractivity contribution is 5.85. The molecule has 1 N–H and O–H groups in total. The summed E-state index contributed by atoms with van der Waals surface area (Å²) in [5.41, 5.74) is 0.999. The van der Waals surface area contributed by atoms with Crippen molar-refractivity contribution in [3.63, 3.8) is 0 Å². The molecule has 19 heavy (non-hydrogen) atoms. The molecule has 1 aromatic carbocycles. The number of nitrogens with one attached hydrogen (secondary N) is 1. The summed E-state index contributed by atoms with van der Waals surface area (Å²) >= 11 is 0. The third-order valence-corrected chi connectivity index (χ3v) is 3.51. The number of halogens is 1. The van der Waals surface area contributed by atoms with Gasteiger partial charge in [-0.05, 0) is 42.7 Å². The summed E-state index contributed by atoms with van der Waals surface area (Å²) in [4.78, 5) is 19.2. The van der Waals surface area contributed by atoms with Gasteiger partial charge in [0.15, 0.2) is 0 Å². The van der Waals surface area contributed by atoms with E-state index in [9.17, 15) is 9.18 Å². The zero-order chi connectivity index (χ0) is 13.5. The number of hydrogen-bond donors (Lipinski definition) is 1. The maximum absolute atomic E-state index is 12.9. The van der Waals surface area contributed by atoms with Crippen molar-refractivity contribution >= 4 is 5.97 Å². The molecule has 1 heterocycles. The fourth-order valence-corrected chi connectivity index (χ4v) is 2.20. The van der Waals surface area contributed by atoms with E-state index < -0.39 is 5.41 Å². The van der Waals surface area contributed by atoms with E-state index in [-0.39, 0.29) is 11.8 Å². The predicted octanol–water partition coefficient (Wildman–Crippen LogP) is 2.42. The number of H-pyrrole nitrogens is 1. The molecule has 1 fully saturated rings. The Labute approximate surface area is 109 Å². The topological polar surface area (TPSA) is 55.0 Å². The molecular weight excluding hydrogens is 247 g/mol. The van der Waals surface area contributed by atoms with Crippen LogP contribution in [-0.4, -0.2) is 23.0 Å². The molecule has 5 heteroatoms. The zero-order valence-electron chi connectivity index (χ0n) is 10.4. The normalized spacial score (nSPS) is 16.1. The highest BCUT2D eigenvalue weighted by Crippen LogP contribution is 2.48. The standard InChI is InChI=1S/C14H13FN2O2/c1-19-13(18)14(6-7-14)12-16-8-11(17-12)9-2-4-10(15)5-3-9/h2-5,8H,6-7H2,1H3,(H,16,17). The Morgan fingerprint density at radius 1 is 1.37 bits per heavy atom. The quantitative estimate of drug-likeness (QED) is 0.862. The predicted molar refractivity (Wildman–Crippen MR) is 66.9 cm³/mol. The van der Waals surface area contributed by atoms with Crippen molar-refractivity contribution in [3.8, 4) is 11.3 Å². The van der Waals surface area contributed by atoms with Gasteiger partial charge in [0, 0.05) is 0 Å². The van der Waals surface area contributed by atoms with Gasteiger partial charge in [-0.3, -0.25) is 4.79 Å². The molecule has 98 valence electrons. The van der Waals surface area contributed by atoms with E-state index in [1.807, 2.05) is 0 Å². The van der Waals surface area contributed by atoms with E-state index in [0.29, 0.717) is 5.82 Å². The SMILES string of the molecule is COC(=O)C1(c2ncc(-c3ccc(F)cc3)[nH]2)CC1. The average Bonchev–Trinajstić information content (AvgIpc) is 3.10. The third-order valence-electron chi connectivity index (χ3n) is 3.51. The molecule has 0 atom stereocenters. The van der Waals surface area contributed by atoms with Crippen molar-refractivity contribution in [2.75, 3.05) is 7.11 Å². The minimum Gasteiger partial charge on any atom is -0.468 e. The lowest BCUT2D eigenvalue weighted by Crippen LogP contribution is -2.23. The molecule has 1 aromatic heterocycles. The molecule has 1 saturated carbocycles. The van der Waals surface area contributed by atoms with Crippen molar-refractivity contribution < 1.29 is 13.9 Å². The number of carbonyl (C=O) groups excluding carboxylic acids is 1. The number of methoxy groups -OCH3 is 1. The Morgan fingerprint density at radius 3 is 2.63 bits per heavy atom. The summed E-state index contributed by atoms with van der Waals surface area (Å²) in [6, 6.07) is 6.13. The first-order valence-electron chi connectivity index (χ1n) is 6.05. The average molecular weight is 260 g/mol. The van der Waals surface area contributed by atoms with Crippen LogP contribution in [-0.2, 0) is 14.9 Å². The van der Waals surface area contributed by atoms with Crippen LogP contribution in [0.3, 0.4) is 0 Å². The number of hydrogen-bond acceptors (Lipinski definition) is 3. The summed E-state index contributed by atoms with van der Waals surface area (Å²) in [6.45, 7) is 0. The van der Waals surface area contributed by atoms with Crippen molar-refractivity contribution in [2.24, 2.45) is 0 Å². The van der Waals surface area contributed by atoms with E-state index in [2.05, 4.69) is 9.97 Å². The molecule has 0 spiro atoms. The van der Waals surface area contributed by atoms with Crippen LogP contribution >= 0.6 is 0 Å². The van der Waals surface area contributed by atoms with E-state index in [1.54, 1.807) is 18.3 Å². The van der Waals surface area contributed by atoms with Gasteiger partial charge in [-0.15, -0.1) is 0 Å². The number of aromatic nitrogens is 2. The minimum absolute atomic E-state index is 0.257. The van der Waals surface area contributed by atoms with Gasteiger partial charge in [0.25, 0.3) is 0 Å². The summed E-state index contributed by atoms with van der Waals surface area (Å²) in [5.74, 6) is 0.0860. The van der Waals surface area contributed by atoms with E-state index in [0.717, 1.165) is 24.1 Å². The summed E-state index contributed by atoms with van der Waals surface area (Å²) in [7, 11) is 1.38. The zero-order valence-corrected chi connectivity index (χ0v) is 10.4. The highest BCUT2D eigenvalue weighted by Gasteiger charge is 2.55.